The van der Waals surface area contributed by atoms with Gasteiger partial charge in [-0.15, -0.1) is 0 Å². The molecule has 0 aromatic rings. The molecule has 6 bridgehead atoms. The highest BCUT2D eigenvalue weighted by molar-refractivity contribution is 5.26. The molecule has 0 heterocycles. The Kier molecular flexibility index (Phi) is 11.5. The van der Waals surface area contributed by atoms with Gasteiger partial charge in [0.2, 0.25) is 0 Å². The third-order valence-corrected chi connectivity index (χ3v) is 15.1. The Hall–Kier alpha value is -1.42. The van der Waals surface area contributed by atoms with Gasteiger partial charge in [-0.25, -0.2) is 26.3 Å². The van der Waals surface area contributed by atoms with E-state index in [2.05, 4.69) is 14.2 Å². The van der Waals surface area contributed by atoms with E-state index >= 15 is 8.78 Å². The van der Waals surface area contributed by atoms with Gasteiger partial charge in [0.1, 0.15) is 6.79 Å². The van der Waals surface area contributed by atoms with E-state index in [1.54, 1.807) is 0 Å². The Balaban J connectivity index is 0.000000218. The lowest BCUT2D eigenvalue weighted by molar-refractivity contribution is -0.407. The first kappa shape index (κ1) is 46.6. The number of fused-ring (bicyclic) bond motifs is 11. The summed E-state index contributed by atoms with van der Waals surface area (Å²) in [5, 5.41) is 9.41. The minimum absolute atomic E-state index is 0.0487. The van der Waals surface area contributed by atoms with E-state index in [1.807, 2.05) is 13.8 Å². The second kappa shape index (κ2) is 14.1. The highest BCUT2D eigenvalue weighted by Crippen LogP contribution is 2.77. The van der Waals surface area contributed by atoms with Crippen LogP contribution >= 0.6 is 0 Å². The molecule has 14 unspecified atom stereocenters. The summed E-state index contributed by atoms with van der Waals surface area (Å²) in [6, 6.07) is 0. The van der Waals surface area contributed by atoms with Crippen LogP contribution in [0.25, 0.3) is 0 Å². The van der Waals surface area contributed by atoms with Gasteiger partial charge in [0.25, 0.3) is 23.0 Å². The van der Waals surface area contributed by atoms with Crippen LogP contribution in [0.3, 0.4) is 0 Å². The summed E-state index contributed by atoms with van der Waals surface area (Å²) in [5.41, 5.74) is -18.7. The highest BCUT2D eigenvalue weighted by atomic mass is 19.4. The lowest BCUT2D eigenvalue weighted by atomic mass is 9.59. The third kappa shape index (κ3) is 6.48. The molecule has 0 radical (unpaired) electrons. The van der Waals surface area contributed by atoms with Crippen molar-refractivity contribution >= 4 is 0 Å². The molecule has 6 saturated carbocycles. The van der Waals surface area contributed by atoms with Gasteiger partial charge in [-0.3, -0.25) is 0 Å². The van der Waals surface area contributed by atoms with Crippen molar-refractivity contribution in [1.82, 2.24) is 0 Å². The molecular formula is C35H44F18O4. The van der Waals surface area contributed by atoms with Crippen molar-refractivity contribution in [2.75, 3.05) is 27.1 Å². The lowest BCUT2D eigenvalue weighted by Crippen LogP contribution is -2.66. The average Bonchev–Trinajstić information content (AvgIpc) is 3.84. The normalized spacial score (nSPS) is 42.1. The van der Waals surface area contributed by atoms with Gasteiger partial charge in [-0.2, -0.15) is 52.7 Å². The predicted octanol–water partition coefficient (Wildman–Crippen LogP) is 10.5. The Morgan fingerprint density at radius 1 is 0.526 bits per heavy atom. The number of hydrogen-bond donors (Lipinski definition) is 1. The van der Waals surface area contributed by atoms with E-state index in [1.165, 1.54) is 21.0 Å². The molecular weight excluding hydrogens is 826 g/mol. The van der Waals surface area contributed by atoms with Gasteiger partial charge in [0.15, 0.2) is 11.3 Å². The largest absolute Gasteiger partial charge is 0.426 e. The topological polar surface area (TPSA) is 47.9 Å². The first-order valence-electron chi connectivity index (χ1n) is 18.4. The van der Waals surface area contributed by atoms with E-state index < -0.39 is 146 Å². The van der Waals surface area contributed by atoms with E-state index in [4.69, 9.17) is 0 Å². The summed E-state index contributed by atoms with van der Waals surface area (Å²) in [6.45, 7) is 4.45. The van der Waals surface area contributed by atoms with E-state index in [9.17, 15) is 75.4 Å². The van der Waals surface area contributed by atoms with Crippen LogP contribution in [0.2, 0.25) is 0 Å². The average molecular weight is 871 g/mol. The Morgan fingerprint density at radius 3 is 1.39 bits per heavy atom. The number of alkyl halides is 18. The standard InChI is InChI=1S/C18H21F9O.C17H23F9O3/c1-6-7(2)9-3-8(6)12-10-4-11(13(9)12)16(20,21)14(10,19)5-15(28,17(22,23)24)18(25,26)27;1-9-10(2)12-6-11(9)13(18,15(12,19)20)7-14(16(21,22)23,17(24,25)26)29-8-28-5-4-27-3/h6-13,28H,3-5H2,1-2H3;9-12H,4-8H2,1-3H3. The van der Waals surface area contributed by atoms with Crippen molar-refractivity contribution in [2.24, 2.45) is 71.0 Å². The summed E-state index contributed by atoms with van der Waals surface area (Å²) < 4.78 is 263. The number of methoxy groups -OCH3 is 1. The first-order valence-corrected chi connectivity index (χ1v) is 18.4. The van der Waals surface area contributed by atoms with Crippen LogP contribution in [0.4, 0.5) is 79.0 Å². The molecule has 4 nitrogen and oxygen atoms in total. The molecule has 0 saturated heterocycles. The number of aliphatic hydroxyl groups is 1. The maximum atomic E-state index is 15.6. The molecule has 6 fully saturated rings. The van der Waals surface area contributed by atoms with Gasteiger partial charge in [0.05, 0.1) is 13.2 Å². The van der Waals surface area contributed by atoms with Gasteiger partial charge >= 0.3 is 24.7 Å². The second-order valence-corrected chi connectivity index (χ2v) is 17.2. The Bertz CT molecular complexity index is 1430. The number of ether oxygens (including phenoxy) is 3. The molecule has 6 aliphatic rings. The Morgan fingerprint density at radius 2 is 0.947 bits per heavy atom. The number of rotatable bonds is 10. The predicted molar refractivity (Wildman–Crippen MR) is 161 cm³/mol. The fourth-order valence-electron chi connectivity index (χ4n) is 11.9. The summed E-state index contributed by atoms with van der Waals surface area (Å²) in [4.78, 5) is 0. The van der Waals surface area contributed by atoms with Crippen LogP contribution < -0.4 is 0 Å². The van der Waals surface area contributed by atoms with E-state index in [0.29, 0.717) is 6.42 Å². The molecule has 22 heteroatoms. The molecule has 0 amide bonds. The molecule has 6 aliphatic carbocycles. The smallest absolute Gasteiger partial charge is 0.382 e. The summed E-state index contributed by atoms with van der Waals surface area (Å²) in [5.74, 6) is -18.1. The van der Waals surface area contributed by atoms with Crippen LogP contribution in [0, 0.1) is 71.0 Å². The fourth-order valence-corrected chi connectivity index (χ4v) is 11.9. The first-order chi connectivity index (χ1) is 25.6. The fraction of sp³-hybridized carbons (Fsp3) is 1.00. The summed E-state index contributed by atoms with van der Waals surface area (Å²) in [6.07, 6.45) is -30.7. The number of hydrogen-bond acceptors (Lipinski definition) is 4. The van der Waals surface area contributed by atoms with Gasteiger partial charge in [0, 0.05) is 43.6 Å². The van der Waals surface area contributed by atoms with Crippen LogP contribution in [-0.2, 0) is 14.2 Å². The van der Waals surface area contributed by atoms with Crippen molar-refractivity contribution in [3.05, 3.63) is 0 Å². The van der Waals surface area contributed by atoms with Crippen molar-refractivity contribution in [1.29, 1.82) is 0 Å². The second-order valence-electron chi connectivity index (χ2n) is 17.2. The molecule has 1 N–H and O–H groups in total. The SMILES string of the molecule is CC1C(C)C2CC1C1C2C2CC1C(F)(F)C2(F)CC(O)(C(F)(F)F)C(F)(F)F.COCCOCOC(CC1(F)C2CC(C(C)C2C)C1(F)F)(C(F)(F)F)C(F)(F)F. The molecule has 14 atom stereocenters. The van der Waals surface area contributed by atoms with Crippen LogP contribution in [0.1, 0.15) is 59.8 Å². The maximum Gasteiger partial charge on any atom is 0.426 e. The number of halogens is 18. The van der Waals surface area contributed by atoms with Crippen molar-refractivity contribution < 1.29 is 98.3 Å². The lowest BCUT2D eigenvalue weighted by Gasteiger charge is -2.50. The minimum atomic E-state index is -6.32. The van der Waals surface area contributed by atoms with Crippen molar-refractivity contribution in [3.63, 3.8) is 0 Å². The van der Waals surface area contributed by atoms with Crippen LogP contribution in [-0.4, -0.2) is 91.3 Å². The van der Waals surface area contributed by atoms with Crippen molar-refractivity contribution in [2.45, 2.75) is 119 Å². The monoisotopic (exact) mass is 870 g/mol. The molecule has 57 heavy (non-hydrogen) atoms. The third-order valence-electron chi connectivity index (χ3n) is 15.1. The zero-order chi connectivity index (χ0) is 43.7. The van der Waals surface area contributed by atoms with Gasteiger partial charge < -0.3 is 19.3 Å². The Labute approximate surface area is 315 Å². The molecule has 0 aromatic carbocycles. The minimum Gasteiger partial charge on any atom is -0.382 e. The highest BCUT2D eigenvalue weighted by Gasteiger charge is 2.86. The van der Waals surface area contributed by atoms with Crippen molar-refractivity contribution in [3.8, 4) is 0 Å². The molecule has 6 rings (SSSR count). The molecule has 334 valence electrons. The molecule has 0 aromatic heterocycles. The summed E-state index contributed by atoms with van der Waals surface area (Å²) >= 11 is 0. The zero-order valence-electron chi connectivity index (χ0n) is 31.1. The quantitative estimate of drug-likeness (QED) is 0.103. The molecule has 0 aliphatic heterocycles. The van der Waals surface area contributed by atoms with E-state index in [0.717, 1.165) is 0 Å². The maximum absolute atomic E-state index is 15.6. The van der Waals surface area contributed by atoms with Crippen LogP contribution in [0.5, 0.6) is 0 Å². The van der Waals surface area contributed by atoms with Crippen LogP contribution in [0.15, 0.2) is 0 Å². The van der Waals surface area contributed by atoms with Gasteiger partial charge in [-0.1, -0.05) is 27.7 Å². The van der Waals surface area contributed by atoms with E-state index in [-0.39, 0.29) is 30.3 Å². The molecule has 0 spiro atoms. The van der Waals surface area contributed by atoms with Gasteiger partial charge in [-0.05, 0) is 66.6 Å². The zero-order valence-corrected chi connectivity index (χ0v) is 31.1. The summed E-state index contributed by atoms with van der Waals surface area (Å²) in [7, 11) is 1.21.